The highest BCUT2D eigenvalue weighted by atomic mass is 79.9. The fourth-order valence-electron chi connectivity index (χ4n) is 1.40. The predicted octanol–water partition coefficient (Wildman–Crippen LogP) is 2.77. The molecule has 0 heterocycles. The Labute approximate surface area is 104 Å². The molecule has 1 aromatic carbocycles. The molecular formula is C12H15BrO3. The first kappa shape index (κ1) is 13.2. The van der Waals surface area contributed by atoms with Gasteiger partial charge in [-0.05, 0) is 41.9 Å². The Morgan fingerprint density at radius 3 is 2.62 bits per heavy atom. The molecular weight excluding hydrogens is 272 g/mol. The summed E-state index contributed by atoms with van der Waals surface area (Å²) >= 11 is 3.29. The van der Waals surface area contributed by atoms with Gasteiger partial charge in [-0.15, -0.1) is 0 Å². The Kier molecular flexibility index (Phi) is 4.96. The van der Waals surface area contributed by atoms with Crippen molar-refractivity contribution in [3.63, 3.8) is 0 Å². The highest BCUT2D eigenvalue weighted by molar-refractivity contribution is 9.10. The van der Waals surface area contributed by atoms with Gasteiger partial charge in [0.15, 0.2) is 0 Å². The molecule has 88 valence electrons. The fraction of sp³-hybridized carbons (Fsp3) is 0.417. The van der Waals surface area contributed by atoms with Crippen molar-refractivity contribution in [1.29, 1.82) is 0 Å². The normalized spacial score (nSPS) is 14.2. The number of aliphatic hydroxyl groups is 1. The van der Waals surface area contributed by atoms with Gasteiger partial charge in [0.1, 0.15) is 6.10 Å². The average Bonchev–Trinajstić information content (AvgIpc) is 2.16. The van der Waals surface area contributed by atoms with Crippen molar-refractivity contribution < 1.29 is 14.6 Å². The number of esters is 1. The van der Waals surface area contributed by atoms with E-state index in [2.05, 4.69) is 15.9 Å². The lowest BCUT2D eigenvalue weighted by atomic mass is 10.2. The Morgan fingerprint density at radius 1 is 1.44 bits per heavy atom. The number of benzene rings is 1. The van der Waals surface area contributed by atoms with Crippen LogP contribution in [0.15, 0.2) is 28.7 Å². The van der Waals surface area contributed by atoms with E-state index in [-0.39, 0.29) is 12.1 Å². The number of hydrogen-bond acceptors (Lipinski definition) is 3. The first-order chi connectivity index (χ1) is 7.50. The van der Waals surface area contributed by atoms with Gasteiger partial charge in [0.05, 0.1) is 11.7 Å². The van der Waals surface area contributed by atoms with Crippen LogP contribution in [0.5, 0.6) is 0 Å². The molecule has 0 amide bonds. The summed E-state index contributed by atoms with van der Waals surface area (Å²) in [5, 5.41) is 9.16. The van der Waals surface area contributed by atoms with Crippen molar-refractivity contribution in [3.05, 3.63) is 34.3 Å². The maximum Gasteiger partial charge on any atom is 0.339 e. The van der Waals surface area contributed by atoms with Gasteiger partial charge in [-0.2, -0.15) is 0 Å². The quantitative estimate of drug-likeness (QED) is 0.866. The zero-order valence-electron chi connectivity index (χ0n) is 9.31. The zero-order chi connectivity index (χ0) is 12.1. The molecule has 1 N–H and O–H groups in total. The summed E-state index contributed by atoms with van der Waals surface area (Å²) in [6, 6.07) is 7.10. The first-order valence-corrected chi connectivity index (χ1v) is 5.93. The molecule has 0 radical (unpaired) electrons. The van der Waals surface area contributed by atoms with Gasteiger partial charge >= 0.3 is 5.97 Å². The van der Waals surface area contributed by atoms with Crippen LogP contribution in [-0.4, -0.2) is 23.3 Å². The molecule has 2 unspecified atom stereocenters. The minimum absolute atomic E-state index is 0.292. The summed E-state index contributed by atoms with van der Waals surface area (Å²) < 4.78 is 5.91. The van der Waals surface area contributed by atoms with E-state index in [1.165, 1.54) is 0 Å². The van der Waals surface area contributed by atoms with Crippen molar-refractivity contribution in [2.24, 2.45) is 0 Å². The topological polar surface area (TPSA) is 46.5 Å². The lowest BCUT2D eigenvalue weighted by molar-refractivity contribution is 0.0221. The minimum Gasteiger partial charge on any atom is -0.459 e. The van der Waals surface area contributed by atoms with E-state index < -0.39 is 6.10 Å². The standard InChI is InChI=1S/C12H15BrO3/c1-8(14)7-9(2)16-12(15)10-5-3-4-6-11(10)13/h3-6,8-9,14H,7H2,1-2H3. The molecule has 0 saturated heterocycles. The van der Waals surface area contributed by atoms with Crippen LogP contribution in [0.2, 0.25) is 0 Å². The lowest BCUT2D eigenvalue weighted by Crippen LogP contribution is -2.19. The molecule has 4 heteroatoms. The summed E-state index contributed by atoms with van der Waals surface area (Å²) in [6.45, 7) is 3.43. The molecule has 0 spiro atoms. The van der Waals surface area contributed by atoms with E-state index in [9.17, 15) is 4.79 Å². The second-order valence-electron chi connectivity index (χ2n) is 3.78. The van der Waals surface area contributed by atoms with Crippen LogP contribution in [0, 0.1) is 0 Å². The van der Waals surface area contributed by atoms with Gasteiger partial charge in [0.25, 0.3) is 0 Å². The predicted molar refractivity (Wildman–Crippen MR) is 65.3 cm³/mol. The van der Waals surface area contributed by atoms with Crippen molar-refractivity contribution in [1.82, 2.24) is 0 Å². The minimum atomic E-state index is -0.470. The maximum atomic E-state index is 11.7. The van der Waals surface area contributed by atoms with Crippen molar-refractivity contribution in [2.45, 2.75) is 32.5 Å². The number of rotatable bonds is 4. The Balaban J connectivity index is 2.63. The maximum absolute atomic E-state index is 11.7. The first-order valence-electron chi connectivity index (χ1n) is 5.14. The molecule has 0 saturated carbocycles. The summed E-state index contributed by atoms with van der Waals surface area (Å²) in [5.74, 6) is -0.374. The Hall–Kier alpha value is -0.870. The second-order valence-corrected chi connectivity index (χ2v) is 4.63. The highest BCUT2D eigenvalue weighted by Crippen LogP contribution is 2.18. The van der Waals surface area contributed by atoms with Crippen LogP contribution in [0.1, 0.15) is 30.6 Å². The van der Waals surface area contributed by atoms with Crippen molar-refractivity contribution in [3.8, 4) is 0 Å². The van der Waals surface area contributed by atoms with E-state index in [1.54, 1.807) is 32.0 Å². The number of carbonyl (C=O) groups is 1. The molecule has 1 rings (SSSR count). The number of hydrogen-bond donors (Lipinski definition) is 1. The van der Waals surface area contributed by atoms with E-state index in [0.717, 1.165) is 0 Å². The lowest BCUT2D eigenvalue weighted by Gasteiger charge is -2.15. The van der Waals surface area contributed by atoms with E-state index in [1.807, 2.05) is 6.07 Å². The third-order valence-corrected chi connectivity index (χ3v) is 2.77. The molecule has 0 aliphatic carbocycles. The van der Waals surface area contributed by atoms with Gasteiger partial charge in [0.2, 0.25) is 0 Å². The van der Waals surface area contributed by atoms with Gasteiger partial charge in [-0.25, -0.2) is 4.79 Å². The number of halogens is 1. The van der Waals surface area contributed by atoms with Crippen molar-refractivity contribution in [2.75, 3.05) is 0 Å². The summed E-state index contributed by atoms with van der Waals surface area (Å²) in [4.78, 5) is 11.7. The van der Waals surface area contributed by atoms with E-state index >= 15 is 0 Å². The fourth-order valence-corrected chi connectivity index (χ4v) is 1.85. The average molecular weight is 287 g/mol. The molecule has 0 aliphatic heterocycles. The Bertz CT molecular complexity index is 363. The number of carbonyl (C=O) groups excluding carboxylic acids is 1. The third-order valence-electron chi connectivity index (χ3n) is 2.08. The van der Waals surface area contributed by atoms with Crippen LogP contribution < -0.4 is 0 Å². The van der Waals surface area contributed by atoms with E-state index in [4.69, 9.17) is 9.84 Å². The van der Waals surface area contributed by atoms with Crippen LogP contribution in [0.4, 0.5) is 0 Å². The number of aliphatic hydroxyl groups excluding tert-OH is 1. The van der Waals surface area contributed by atoms with Gasteiger partial charge < -0.3 is 9.84 Å². The molecule has 0 fully saturated rings. The largest absolute Gasteiger partial charge is 0.459 e. The second kappa shape index (κ2) is 6.01. The Morgan fingerprint density at radius 2 is 2.06 bits per heavy atom. The summed E-state index contributed by atoms with van der Waals surface area (Å²) in [6.07, 6.45) is -0.322. The SMILES string of the molecule is CC(O)CC(C)OC(=O)c1ccccc1Br. The molecule has 1 aromatic rings. The van der Waals surface area contributed by atoms with Crippen molar-refractivity contribution >= 4 is 21.9 Å². The smallest absolute Gasteiger partial charge is 0.339 e. The molecule has 0 aliphatic rings. The van der Waals surface area contributed by atoms with Crippen LogP contribution in [0.3, 0.4) is 0 Å². The molecule has 3 nitrogen and oxygen atoms in total. The number of ether oxygens (including phenoxy) is 1. The summed E-state index contributed by atoms with van der Waals surface area (Å²) in [5.41, 5.74) is 0.500. The van der Waals surface area contributed by atoms with Crippen LogP contribution in [0.25, 0.3) is 0 Å². The highest BCUT2D eigenvalue weighted by Gasteiger charge is 2.15. The van der Waals surface area contributed by atoms with Gasteiger partial charge in [0, 0.05) is 10.9 Å². The van der Waals surface area contributed by atoms with E-state index in [0.29, 0.717) is 16.5 Å². The summed E-state index contributed by atoms with van der Waals surface area (Å²) in [7, 11) is 0. The molecule has 16 heavy (non-hydrogen) atoms. The molecule has 2 atom stereocenters. The zero-order valence-corrected chi connectivity index (χ0v) is 10.9. The van der Waals surface area contributed by atoms with Crippen LogP contribution >= 0.6 is 15.9 Å². The van der Waals surface area contributed by atoms with Gasteiger partial charge in [-0.3, -0.25) is 0 Å². The van der Waals surface area contributed by atoms with Crippen LogP contribution in [-0.2, 0) is 4.74 Å². The monoisotopic (exact) mass is 286 g/mol. The molecule has 0 bridgehead atoms. The third kappa shape index (κ3) is 3.94. The molecule has 0 aromatic heterocycles. The van der Waals surface area contributed by atoms with Gasteiger partial charge in [-0.1, -0.05) is 12.1 Å².